The molecule has 1 heterocycles. The van der Waals surface area contributed by atoms with Crippen molar-refractivity contribution in [1.29, 1.82) is 0 Å². The van der Waals surface area contributed by atoms with Crippen molar-refractivity contribution in [3.05, 3.63) is 54.1 Å². The summed E-state index contributed by atoms with van der Waals surface area (Å²) in [7, 11) is 2.69. The Hall–Kier alpha value is -1.86. The zero-order valence-corrected chi connectivity index (χ0v) is 13.5. The minimum absolute atomic E-state index is 0.0846. The van der Waals surface area contributed by atoms with Gasteiger partial charge in [0.2, 0.25) is 5.88 Å². The van der Waals surface area contributed by atoms with Gasteiger partial charge in [-0.25, -0.2) is 4.79 Å². The molecule has 0 unspecified atom stereocenters. The Morgan fingerprint density at radius 2 is 1.95 bits per heavy atom. The van der Waals surface area contributed by atoms with Crippen molar-refractivity contribution in [3.63, 3.8) is 0 Å². The Balaban J connectivity index is 2.57. The molecule has 2 rings (SSSR count). The van der Waals surface area contributed by atoms with E-state index in [1.165, 1.54) is 20.3 Å². The van der Waals surface area contributed by atoms with E-state index in [2.05, 4.69) is 20.9 Å². The fourth-order valence-corrected chi connectivity index (χ4v) is 2.41. The van der Waals surface area contributed by atoms with Crippen molar-refractivity contribution in [3.8, 4) is 5.88 Å². The lowest BCUT2D eigenvalue weighted by Gasteiger charge is -2.07. The van der Waals surface area contributed by atoms with Gasteiger partial charge in [-0.2, -0.15) is 0 Å². The van der Waals surface area contributed by atoms with Gasteiger partial charge in [-0.1, -0.05) is 27.5 Å². The molecule has 0 aliphatic heterocycles. The summed E-state index contributed by atoms with van der Waals surface area (Å²) >= 11 is 9.29. The van der Waals surface area contributed by atoms with Crippen LogP contribution in [-0.4, -0.2) is 20.5 Å². The normalized spacial score (nSPS) is 11.2. The van der Waals surface area contributed by atoms with Gasteiger partial charge in [0.15, 0.2) is 0 Å². The maximum atomic E-state index is 12.0. The third-order valence-electron chi connectivity index (χ3n) is 2.91. The van der Waals surface area contributed by atoms with Crippen molar-refractivity contribution >= 4 is 39.4 Å². The second kappa shape index (κ2) is 5.87. The standard InChI is InChI=1S/C13H11BrClN3O3/c1-17-11(19)8(12(20)18(2)13(17)21)6-16-10-4-3-7(14)5-9(10)15/h3-6,19H,1-2H3. The van der Waals surface area contributed by atoms with Crippen LogP contribution in [0.2, 0.25) is 5.02 Å². The van der Waals surface area contributed by atoms with Crippen LogP contribution < -0.4 is 11.2 Å². The average Bonchev–Trinajstić information content (AvgIpc) is 2.45. The van der Waals surface area contributed by atoms with E-state index in [1.54, 1.807) is 18.2 Å². The lowest BCUT2D eigenvalue weighted by Crippen LogP contribution is -2.38. The topological polar surface area (TPSA) is 76.6 Å². The van der Waals surface area contributed by atoms with Crippen LogP contribution in [0.1, 0.15) is 5.56 Å². The van der Waals surface area contributed by atoms with Gasteiger partial charge < -0.3 is 5.11 Å². The average molecular weight is 373 g/mol. The van der Waals surface area contributed by atoms with Gasteiger partial charge in [-0.15, -0.1) is 0 Å². The number of nitrogens with zero attached hydrogens (tertiary/aromatic N) is 3. The van der Waals surface area contributed by atoms with Gasteiger partial charge in [-0.3, -0.25) is 18.9 Å². The Labute approximate surface area is 133 Å². The molecule has 2 aromatic rings. The summed E-state index contributed by atoms with van der Waals surface area (Å²) in [5.74, 6) is -0.444. The number of hydrogen-bond donors (Lipinski definition) is 1. The van der Waals surface area contributed by atoms with E-state index >= 15 is 0 Å². The van der Waals surface area contributed by atoms with E-state index in [9.17, 15) is 14.7 Å². The van der Waals surface area contributed by atoms with Gasteiger partial charge in [0, 0.05) is 24.8 Å². The first kappa shape index (κ1) is 15.5. The lowest BCUT2D eigenvalue weighted by molar-refractivity contribution is 0.410. The SMILES string of the molecule is Cn1c(O)c(C=Nc2ccc(Br)cc2Cl)c(=O)n(C)c1=O. The van der Waals surface area contributed by atoms with Crippen molar-refractivity contribution < 1.29 is 5.11 Å². The number of aromatic nitrogens is 2. The summed E-state index contributed by atoms with van der Waals surface area (Å²) in [6, 6.07) is 5.07. The molecule has 1 aromatic heterocycles. The van der Waals surface area contributed by atoms with Gasteiger partial charge in [-0.05, 0) is 18.2 Å². The molecule has 0 atom stereocenters. The largest absolute Gasteiger partial charge is 0.494 e. The quantitative estimate of drug-likeness (QED) is 0.819. The predicted octanol–water partition coefficient (Wildman–Crippen LogP) is 1.96. The fourth-order valence-electron chi connectivity index (χ4n) is 1.69. The number of aliphatic imine (C=N–C) groups is 1. The summed E-state index contributed by atoms with van der Waals surface area (Å²) in [4.78, 5) is 27.7. The van der Waals surface area contributed by atoms with Crippen LogP contribution in [0.15, 0.2) is 37.3 Å². The van der Waals surface area contributed by atoms with Crippen molar-refractivity contribution in [1.82, 2.24) is 9.13 Å². The highest BCUT2D eigenvalue weighted by molar-refractivity contribution is 9.10. The van der Waals surface area contributed by atoms with Crippen LogP contribution in [-0.2, 0) is 14.1 Å². The van der Waals surface area contributed by atoms with Crippen LogP contribution in [0.4, 0.5) is 5.69 Å². The molecular weight excluding hydrogens is 362 g/mol. The highest BCUT2D eigenvalue weighted by atomic mass is 79.9. The number of rotatable bonds is 2. The second-order valence-corrected chi connectivity index (χ2v) is 5.62. The minimum Gasteiger partial charge on any atom is -0.494 e. The van der Waals surface area contributed by atoms with E-state index in [4.69, 9.17) is 11.6 Å². The molecule has 0 radical (unpaired) electrons. The Morgan fingerprint density at radius 3 is 2.57 bits per heavy atom. The molecule has 0 saturated carbocycles. The number of hydrogen-bond acceptors (Lipinski definition) is 4. The van der Waals surface area contributed by atoms with Crippen LogP contribution in [0.5, 0.6) is 5.88 Å². The van der Waals surface area contributed by atoms with Crippen LogP contribution in [0.3, 0.4) is 0 Å². The Bertz CT molecular complexity index is 855. The predicted molar refractivity (Wildman–Crippen MR) is 85.0 cm³/mol. The van der Waals surface area contributed by atoms with E-state index in [-0.39, 0.29) is 5.56 Å². The number of aromatic hydroxyl groups is 1. The highest BCUT2D eigenvalue weighted by Gasteiger charge is 2.13. The summed E-state index contributed by atoms with van der Waals surface area (Å²) in [6.45, 7) is 0. The van der Waals surface area contributed by atoms with Gasteiger partial charge in [0.05, 0.1) is 10.7 Å². The van der Waals surface area contributed by atoms with Gasteiger partial charge in [0.25, 0.3) is 5.56 Å². The Morgan fingerprint density at radius 1 is 1.29 bits per heavy atom. The third-order valence-corrected chi connectivity index (χ3v) is 3.71. The third kappa shape index (κ3) is 2.93. The first-order valence-corrected chi connectivity index (χ1v) is 6.98. The first-order chi connectivity index (χ1) is 9.82. The molecule has 8 heteroatoms. The maximum absolute atomic E-state index is 12.0. The molecule has 0 aliphatic carbocycles. The van der Waals surface area contributed by atoms with Crippen LogP contribution in [0.25, 0.3) is 0 Å². The summed E-state index contributed by atoms with van der Waals surface area (Å²) in [5.41, 5.74) is -0.891. The van der Waals surface area contributed by atoms with Crippen LogP contribution >= 0.6 is 27.5 Å². The maximum Gasteiger partial charge on any atom is 0.333 e. The molecule has 0 amide bonds. The molecule has 0 fully saturated rings. The summed E-state index contributed by atoms with van der Waals surface area (Å²) < 4.78 is 2.66. The molecule has 1 aromatic carbocycles. The molecular formula is C13H11BrClN3O3. The highest BCUT2D eigenvalue weighted by Crippen LogP contribution is 2.28. The smallest absolute Gasteiger partial charge is 0.333 e. The Kier molecular flexibility index (Phi) is 4.34. The summed E-state index contributed by atoms with van der Waals surface area (Å²) in [5, 5.41) is 10.3. The second-order valence-electron chi connectivity index (χ2n) is 4.30. The van der Waals surface area contributed by atoms with Gasteiger partial charge >= 0.3 is 5.69 Å². The van der Waals surface area contributed by atoms with E-state index in [1.807, 2.05) is 0 Å². The zero-order chi connectivity index (χ0) is 15.7. The molecule has 0 aliphatic rings. The van der Waals surface area contributed by atoms with E-state index in [0.29, 0.717) is 10.7 Å². The number of halogens is 2. The molecule has 0 bridgehead atoms. The lowest BCUT2D eigenvalue weighted by atomic mass is 10.3. The monoisotopic (exact) mass is 371 g/mol. The summed E-state index contributed by atoms with van der Waals surface area (Å²) in [6.07, 6.45) is 1.19. The molecule has 6 nitrogen and oxygen atoms in total. The molecule has 1 N–H and O–H groups in total. The molecule has 0 saturated heterocycles. The molecule has 0 spiro atoms. The van der Waals surface area contributed by atoms with Crippen molar-refractivity contribution in [2.75, 3.05) is 0 Å². The zero-order valence-electron chi connectivity index (χ0n) is 11.2. The number of benzene rings is 1. The van der Waals surface area contributed by atoms with Crippen LogP contribution in [0, 0.1) is 0 Å². The minimum atomic E-state index is -0.632. The van der Waals surface area contributed by atoms with Crippen molar-refractivity contribution in [2.24, 2.45) is 19.1 Å². The van der Waals surface area contributed by atoms with Gasteiger partial charge in [0.1, 0.15) is 5.56 Å². The van der Waals surface area contributed by atoms with E-state index < -0.39 is 17.1 Å². The molecule has 110 valence electrons. The van der Waals surface area contributed by atoms with Crippen molar-refractivity contribution in [2.45, 2.75) is 0 Å². The first-order valence-electron chi connectivity index (χ1n) is 5.81. The molecule has 21 heavy (non-hydrogen) atoms. The fraction of sp³-hybridized carbons (Fsp3) is 0.154. The van der Waals surface area contributed by atoms with E-state index in [0.717, 1.165) is 13.6 Å².